The van der Waals surface area contributed by atoms with Crippen molar-refractivity contribution in [3.05, 3.63) is 35.9 Å². The van der Waals surface area contributed by atoms with Crippen molar-refractivity contribution >= 4 is 11.8 Å². The van der Waals surface area contributed by atoms with E-state index in [1.165, 1.54) is 0 Å². The Morgan fingerprint density at radius 1 is 1.13 bits per heavy atom. The van der Waals surface area contributed by atoms with E-state index in [1.807, 2.05) is 37.3 Å². The average molecular weight is 204 g/mol. The molecule has 1 aromatic rings. The average Bonchev–Trinajstić information content (AvgIpc) is 2.26. The molecule has 0 unspecified atom stereocenters. The van der Waals surface area contributed by atoms with Crippen LogP contribution in [0.25, 0.3) is 0 Å². The predicted octanol–water partition coefficient (Wildman–Crippen LogP) is 0.148. The summed E-state index contributed by atoms with van der Waals surface area (Å²) in [5.74, 6) is -1.14. The first kappa shape index (κ1) is 9.71. The molecule has 0 saturated carbocycles. The Balaban J connectivity index is 2.29. The summed E-state index contributed by atoms with van der Waals surface area (Å²) in [4.78, 5) is 22.2. The molecular formula is C11H12N2O2. The van der Waals surface area contributed by atoms with Crippen LogP contribution in [0.2, 0.25) is 0 Å². The molecule has 1 aromatic carbocycles. The highest BCUT2D eigenvalue weighted by Crippen LogP contribution is 2.21. The molecule has 1 atom stereocenters. The second-order valence-corrected chi connectivity index (χ2v) is 3.83. The first-order valence-electron chi connectivity index (χ1n) is 4.78. The minimum absolute atomic E-state index is 0.418. The predicted molar refractivity (Wildman–Crippen MR) is 54.9 cm³/mol. The van der Waals surface area contributed by atoms with Crippen LogP contribution in [0.3, 0.4) is 0 Å². The molecule has 0 aromatic heterocycles. The quantitative estimate of drug-likeness (QED) is 0.640. The Morgan fingerprint density at radius 2 is 1.80 bits per heavy atom. The number of benzene rings is 1. The monoisotopic (exact) mass is 204 g/mol. The molecule has 4 nitrogen and oxygen atoms in total. The second-order valence-electron chi connectivity index (χ2n) is 3.83. The van der Waals surface area contributed by atoms with Gasteiger partial charge in [-0.05, 0) is 12.5 Å². The van der Waals surface area contributed by atoms with E-state index >= 15 is 0 Å². The fourth-order valence-electron chi connectivity index (χ4n) is 1.67. The molecule has 1 saturated heterocycles. The summed E-state index contributed by atoms with van der Waals surface area (Å²) >= 11 is 0. The van der Waals surface area contributed by atoms with Gasteiger partial charge >= 0.3 is 11.8 Å². The Bertz CT molecular complexity index is 402. The second kappa shape index (κ2) is 3.38. The maximum Gasteiger partial charge on any atom is 0.310 e. The highest BCUT2D eigenvalue weighted by molar-refractivity contribution is 6.35. The van der Waals surface area contributed by atoms with Gasteiger partial charge in [-0.1, -0.05) is 30.3 Å². The Morgan fingerprint density at radius 3 is 2.40 bits per heavy atom. The molecule has 0 spiro atoms. The van der Waals surface area contributed by atoms with Gasteiger partial charge in [-0.25, -0.2) is 0 Å². The Kier molecular flexibility index (Phi) is 2.19. The third kappa shape index (κ3) is 1.70. The van der Waals surface area contributed by atoms with Crippen LogP contribution >= 0.6 is 0 Å². The maximum atomic E-state index is 11.3. The normalized spacial score (nSPS) is 25.7. The summed E-state index contributed by atoms with van der Waals surface area (Å²) < 4.78 is 0. The van der Waals surface area contributed by atoms with Crippen LogP contribution < -0.4 is 10.6 Å². The molecule has 15 heavy (non-hydrogen) atoms. The number of carbonyl (C=O) groups excluding carboxylic acids is 2. The number of carbonyl (C=O) groups is 2. The van der Waals surface area contributed by atoms with Crippen molar-refractivity contribution in [3.63, 3.8) is 0 Å². The van der Waals surface area contributed by atoms with E-state index in [0.29, 0.717) is 6.54 Å². The van der Waals surface area contributed by atoms with E-state index in [2.05, 4.69) is 10.6 Å². The van der Waals surface area contributed by atoms with E-state index in [0.717, 1.165) is 5.56 Å². The van der Waals surface area contributed by atoms with Crippen LogP contribution in [-0.4, -0.2) is 18.4 Å². The topological polar surface area (TPSA) is 58.2 Å². The SMILES string of the molecule is C[C@@]1(c2ccccc2)CNC(=O)C(=O)N1. The number of rotatable bonds is 1. The highest BCUT2D eigenvalue weighted by atomic mass is 16.2. The number of hydrogen-bond donors (Lipinski definition) is 2. The largest absolute Gasteiger partial charge is 0.345 e. The van der Waals surface area contributed by atoms with Crippen molar-refractivity contribution < 1.29 is 9.59 Å². The summed E-state index contributed by atoms with van der Waals surface area (Å²) in [6.07, 6.45) is 0. The first-order chi connectivity index (χ1) is 7.12. The molecule has 78 valence electrons. The lowest BCUT2D eigenvalue weighted by Gasteiger charge is -2.34. The molecule has 2 rings (SSSR count). The minimum Gasteiger partial charge on any atom is -0.345 e. The number of hydrogen-bond acceptors (Lipinski definition) is 2. The molecule has 1 aliphatic rings. The maximum absolute atomic E-state index is 11.3. The molecule has 1 fully saturated rings. The van der Waals surface area contributed by atoms with Crippen molar-refractivity contribution in [2.75, 3.05) is 6.54 Å². The van der Waals surface area contributed by atoms with Gasteiger partial charge < -0.3 is 10.6 Å². The van der Waals surface area contributed by atoms with Crippen LogP contribution in [0.4, 0.5) is 0 Å². The molecule has 4 heteroatoms. The molecular weight excluding hydrogens is 192 g/mol. The zero-order chi connectivity index (χ0) is 10.9. The lowest BCUT2D eigenvalue weighted by molar-refractivity contribution is -0.142. The van der Waals surface area contributed by atoms with Gasteiger partial charge in [0.2, 0.25) is 0 Å². The Hall–Kier alpha value is -1.84. The van der Waals surface area contributed by atoms with Crippen LogP contribution in [0.15, 0.2) is 30.3 Å². The fraction of sp³-hybridized carbons (Fsp3) is 0.273. The zero-order valence-corrected chi connectivity index (χ0v) is 8.41. The van der Waals surface area contributed by atoms with E-state index in [9.17, 15) is 9.59 Å². The van der Waals surface area contributed by atoms with Gasteiger partial charge in [0.15, 0.2) is 0 Å². The van der Waals surface area contributed by atoms with E-state index in [1.54, 1.807) is 0 Å². The highest BCUT2D eigenvalue weighted by Gasteiger charge is 2.35. The molecule has 0 aliphatic carbocycles. The number of piperazine rings is 1. The van der Waals surface area contributed by atoms with Crippen molar-refractivity contribution in [2.45, 2.75) is 12.5 Å². The van der Waals surface area contributed by atoms with Crippen molar-refractivity contribution in [1.82, 2.24) is 10.6 Å². The van der Waals surface area contributed by atoms with E-state index in [4.69, 9.17) is 0 Å². The zero-order valence-electron chi connectivity index (χ0n) is 8.41. The van der Waals surface area contributed by atoms with Crippen molar-refractivity contribution in [1.29, 1.82) is 0 Å². The smallest absolute Gasteiger partial charge is 0.310 e. The summed E-state index contributed by atoms with van der Waals surface area (Å²) in [5, 5.41) is 5.28. The van der Waals surface area contributed by atoms with Gasteiger partial charge in [-0.15, -0.1) is 0 Å². The van der Waals surface area contributed by atoms with Crippen LogP contribution in [0.1, 0.15) is 12.5 Å². The third-order valence-corrected chi connectivity index (χ3v) is 2.61. The van der Waals surface area contributed by atoms with Crippen molar-refractivity contribution in [3.8, 4) is 0 Å². The summed E-state index contributed by atoms with van der Waals surface area (Å²) in [6, 6.07) is 9.58. The molecule has 0 radical (unpaired) electrons. The van der Waals surface area contributed by atoms with E-state index in [-0.39, 0.29) is 0 Å². The lowest BCUT2D eigenvalue weighted by atomic mass is 9.90. The molecule has 2 amide bonds. The van der Waals surface area contributed by atoms with Gasteiger partial charge in [0.1, 0.15) is 0 Å². The minimum atomic E-state index is -0.576. The standard InChI is InChI=1S/C11H12N2O2/c1-11(8-5-3-2-4-6-8)7-12-9(14)10(15)13-11/h2-6H,7H2,1H3,(H,12,14)(H,13,15)/t11-/m0/s1. The lowest BCUT2D eigenvalue weighted by Crippen LogP contribution is -2.60. The summed E-state index contributed by atoms with van der Waals surface area (Å²) in [5.41, 5.74) is 0.477. The number of nitrogens with one attached hydrogen (secondary N) is 2. The van der Waals surface area contributed by atoms with Gasteiger partial charge in [0.25, 0.3) is 0 Å². The van der Waals surface area contributed by atoms with Gasteiger partial charge in [-0.3, -0.25) is 9.59 Å². The van der Waals surface area contributed by atoms with Gasteiger partial charge in [0.05, 0.1) is 5.54 Å². The summed E-state index contributed by atoms with van der Waals surface area (Å²) in [6.45, 7) is 2.31. The van der Waals surface area contributed by atoms with Crippen LogP contribution in [0.5, 0.6) is 0 Å². The first-order valence-corrected chi connectivity index (χ1v) is 4.78. The fourth-order valence-corrected chi connectivity index (χ4v) is 1.67. The Labute approximate surface area is 87.7 Å². The van der Waals surface area contributed by atoms with Gasteiger partial charge in [-0.2, -0.15) is 0 Å². The summed E-state index contributed by atoms with van der Waals surface area (Å²) in [7, 11) is 0. The van der Waals surface area contributed by atoms with E-state index < -0.39 is 17.4 Å². The van der Waals surface area contributed by atoms with Crippen LogP contribution in [-0.2, 0) is 15.1 Å². The molecule has 2 N–H and O–H groups in total. The van der Waals surface area contributed by atoms with Crippen molar-refractivity contribution in [2.24, 2.45) is 0 Å². The number of amides is 2. The molecule has 1 aliphatic heterocycles. The van der Waals surface area contributed by atoms with Gasteiger partial charge in [0, 0.05) is 6.54 Å². The molecule has 0 bridgehead atoms. The van der Waals surface area contributed by atoms with Crippen LogP contribution in [0, 0.1) is 0 Å². The third-order valence-electron chi connectivity index (χ3n) is 2.61. The molecule has 1 heterocycles.